The van der Waals surface area contributed by atoms with Gasteiger partial charge in [0.05, 0.1) is 18.8 Å². The van der Waals surface area contributed by atoms with E-state index in [-0.39, 0.29) is 25.0 Å². The Hall–Kier alpha value is -1.89. The SMILES string of the molecule is CC(NC(=O)CN(Cc1ccccc1Cl)S(C)(=O)=O)c1ccc2c(c1)CCCC2. The van der Waals surface area contributed by atoms with Crippen LogP contribution >= 0.6 is 11.6 Å². The predicted molar refractivity (Wildman–Crippen MR) is 116 cm³/mol. The Morgan fingerprint density at radius 2 is 1.83 bits per heavy atom. The Labute approximate surface area is 178 Å². The van der Waals surface area contributed by atoms with Gasteiger partial charge in [-0.3, -0.25) is 4.79 Å². The van der Waals surface area contributed by atoms with Gasteiger partial charge in [0, 0.05) is 11.6 Å². The Morgan fingerprint density at radius 3 is 2.52 bits per heavy atom. The maximum absolute atomic E-state index is 12.6. The number of sulfonamides is 1. The quantitative estimate of drug-likeness (QED) is 0.719. The Bertz CT molecular complexity index is 991. The van der Waals surface area contributed by atoms with Crippen LogP contribution in [0.2, 0.25) is 5.02 Å². The molecule has 0 spiro atoms. The summed E-state index contributed by atoms with van der Waals surface area (Å²) >= 11 is 6.16. The van der Waals surface area contributed by atoms with Crippen molar-refractivity contribution in [2.24, 2.45) is 0 Å². The number of hydrogen-bond acceptors (Lipinski definition) is 3. The molecule has 156 valence electrons. The van der Waals surface area contributed by atoms with Gasteiger partial charge in [-0.2, -0.15) is 4.31 Å². The van der Waals surface area contributed by atoms with Gasteiger partial charge in [-0.1, -0.05) is 48.0 Å². The number of carbonyl (C=O) groups is 1. The fourth-order valence-electron chi connectivity index (χ4n) is 3.66. The zero-order valence-electron chi connectivity index (χ0n) is 16.8. The first kappa shape index (κ1) is 21.8. The minimum atomic E-state index is -3.57. The topological polar surface area (TPSA) is 66.5 Å². The number of fused-ring (bicyclic) bond motifs is 1. The molecule has 1 amide bonds. The average molecular weight is 435 g/mol. The van der Waals surface area contributed by atoms with Crippen LogP contribution < -0.4 is 5.32 Å². The molecule has 0 radical (unpaired) electrons. The lowest BCUT2D eigenvalue weighted by Gasteiger charge is -2.23. The molecule has 29 heavy (non-hydrogen) atoms. The van der Waals surface area contributed by atoms with Crippen molar-refractivity contribution < 1.29 is 13.2 Å². The van der Waals surface area contributed by atoms with Gasteiger partial charge < -0.3 is 5.32 Å². The first-order valence-electron chi connectivity index (χ1n) is 9.83. The van der Waals surface area contributed by atoms with Gasteiger partial charge in [0.1, 0.15) is 0 Å². The number of aryl methyl sites for hydroxylation is 2. The summed E-state index contributed by atoms with van der Waals surface area (Å²) in [6.07, 6.45) is 5.71. The van der Waals surface area contributed by atoms with E-state index in [1.807, 2.05) is 13.0 Å². The molecule has 1 unspecified atom stereocenters. The molecule has 1 N–H and O–H groups in total. The van der Waals surface area contributed by atoms with Crippen LogP contribution in [0.15, 0.2) is 42.5 Å². The molecule has 5 nitrogen and oxygen atoms in total. The average Bonchev–Trinajstić information content (AvgIpc) is 2.68. The van der Waals surface area contributed by atoms with Gasteiger partial charge in [-0.15, -0.1) is 0 Å². The number of nitrogens with one attached hydrogen (secondary N) is 1. The fourth-order valence-corrected chi connectivity index (χ4v) is 4.58. The lowest BCUT2D eigenvalue weighted by Crippen LogP contribution is -2.40. The summed E-state index contributed by atoms with van der Waals surface area (Å²) in [4.78, 5) is 12.6. The van der Waals surface area contributed by atoms with Gasteiger partial charge in [-0.25, -0.2) is 8.42 Å². The molecule has 3 rings (SSSR count). The van der Waals surface area contributed by atoms with Crippen LogP contribution in [0.5, 0.6) is 0 Å². The molecule has 2 aromatic rings. The zero-order valence-corrected chi connectivity index (χ0v) is 18.4. The maximum atomic E-state index is 12.6. The highest BCUT2D eigenvalue weighted by molar-refractivity contribution is 7.88. The molecule has 1 aliphatic carbocycles. The van der Waals surface area contributed by atoms with E-state index >= 15 is 0 Å². The number of hydrogen-bond donors (Lipinski definition) is 1. The minimum Gasteiger partial charge on any atom is -0.348 e. The van der Waals surface area contributed by atoms with E-state index in [0.29, 0.717) is 10.6 Å². The van der Waals surface area contributed by atoms with E-state index in [2.05, 4.69) is 17.4 Å². The van der Waals surface area contributed by atoms with Crippen LogP contribution in [-0.2, 0) is 34.2 Å². The summed E-state index contributed by atoms with van der Waals surface area (Å²) in [5, 5.41) is 3.40. The summed E-state index contributed by atoms with van der Waals surface area (Å²) in [6.45, 7) is 1.72. The van der Waals surface area contributed by atoms with E-state index < -0.39 is 10.0 Å². The van der Waals surface area contributed by atoms with Crippen LogP contribution in [0.3, 0.4) is 0 Å². The fraction of sp³-hybridized carbons (Fsp3) is 0.409. The summed E-state index contributed by atoms with van der Waals surface area (Å²) in [7, 11) is -3.57. The number of rotatable bonds is 7. The smallest absolute Gasteiger partial charge is 0.235 e. The molecule has 0 fully saturated rings. The number of carbonyl (C=O) groups excluding carboxylic acids is 1. The van der Waals surface area contributed by atoms with Crippen molar-refractivity contribution in [1.82, 2.24) is 9.62 Å². The van der Waals surface area contributed by atoms with Crippen molar-refractivity contribution in [2.75, 3.05) is 12.8 Å². The molecule has 0 heterocycles. The molecule has 0 bridgehead atoms. The van der Waals surface area contributed by atoms with Crippen molar-refractivity contribution in [3.8, 4) is 0 Å². The lowest BCUT2D eigenvalue weighted by atomic mass is 9.89. The molecule has 7 heteroatoms. The number of benzene rings is 2. The van der Waals surface area contributed by atoms with Crippen LogP contribution in [0.1, 0.15) is 48.1 Å². The Morgan fingerprint density at radius 1 is 1.14 bits per heavy atom. The van der Waals surface area contributed by atoms with Gasteiger partial charge >= 0.3 is 0 Å². The van der Waals surface area contributed by atoms with E-state index in [0.717, 1.165) is 29.0 Å². The highest BCUT2D eigenvalue weighted by atomic mass is 35.5. The van der Waals surface area contributed by atoms with Crippen LogP contribution in [0.4, 0.5) is 0 Å². The Balaban J connectivity index is 1.67. The third kappa shape index (κ3) is 5.81. The second-order valence-electron chi connectivity index (χ2n) is 7.65. The molecule has 0 aromatic heterocycles. The van der Waals surface area contributed by atoms with E-state index in [4.69, 9.17) is 11.6 Å². The summed E-state index contributed by atoms with van der Waals surface area (Å²) in [5.41, 5.74) is 4.44. The highest BCUT2D eigenvalue weighted by Crippen LogP contribution is 2.25. The highest BCUT2D eigenvalue weighted by Gasteiger charge is 2.23. The van der Waals surface area contributed by atoms with Crippen molar-refractivity contribution in [3.05, 3.63) is 69.7 Å². The van der Waals surface area contributed by atoms with E-state index in [1.165, 1.54) is 24.0 Å². The van der Waals surface area contributed by atoms with Crippen LogP contribution in [0.25, 0.3) is 0 Å². The largest absolute Gasteiger partial charge is 0.348 e. The standard InChI is InChI=1S/C22H27ClN2O3S/c1-16(18-12-11-17-7-3-4-8-19(17)13-18)24-22(26)15-25(29(2,27)28)14-20-9-5-6-10-21(20)23/h5-6,9-13,16H,3-4,7-8,14-15H2,1-2H3,(H,24,26). The van der Waals surface area contributed by atoms with Gasteiger partial charge in [-0.05, 0) is 60.9 Å². The summed E-state index contributed by atoms with van der Waals surface area (Å²) < 4.78 is 25.5. The molecule has 0 saturated carbocycles. The lowest BCUT2D eigenvalue weighted by molar-refractivity contribution is -0.122. The van der Waals surface area contributed by atoms with Crippen molar-refractivity contribution in [1.29, 1.82) is 0 Å². The number of nitrogens with zero attached hydrogens (tertiary/aromatic N) is 1. The van der Waals surface area contributed by atoms with Gasteiger partial charge in [0.2, 0.25) is 15.9 Å². The normalized spacial score (nSPS) is 15.0. The van der Waals surface area contributed by atoms with Crippen LogP contribution in [-0.4, -0.2) is 31.4 Å². The zero-order chi connectivity index (χ0) is 21.0. The monoisotopic (exact) mass is 434 g/mol. The third-order valence-electron chi connectivity index (χ3n) is 5.34. The van der Waals surface area contributed by atoms with Crippen molar-refractivity contribution in [2.45, 2.75) is 45.2 Å². The van der Waals surface area contributed by atoms with E-state index in [1.54, 1.807) is 24.3 Å². The maximum Gasteiger partial charge on any atom is 0.235 e. The number of amides is 1. The second-order valence-corrected chi connectivity index (χ2v) is 10.0. The predicted octanol–water partition coefficient (Wildman–Crippen LogP) is 3.86. The van der Waals surface area contributed by atoms with Crippen molar-refractivity contribution >= 4 is 27.5 Å². The van der Waals surface area contributed by atoms with E-state index in [9.17, 15) is 13.2 Å². The first-order chi connectivity index (χ1) is 13.7. The minimum absolute atomic E-state index is 0.0547. The Kier molecular flexibility index (Phi) is 6.98. The third-order valence-corrected chi connectivity index (χ3v) is 6.91. The van der Waals surface area contributed by atoms with Crippen molar-refractivity contribution in [3.63, 3.8) is 0 Å². The molecular formula is C22H27ClN2O3S. The second kappa shape index (κ2) is 9.28. The molecule has 1 atom stereocenters. The molecule has 2 aromatic carbocycles. The molecule has 0 aliphatic heterocycles. The van der Waals surface area contributed by atoms with Gasteiger partial charge in [0.25, 0.3) is 0 Å². The molecule has 1 aliphatic rings. The van der Waals surface area contributed by atoms with Crippen LogP contribution in [0, 0.1) is 0 Å². The molecule has 0 saturated heterocycles. The number of halogens is 1. The summed E-state index contributed by atoms with van der Waals surface area (Å²) in [5.74, 6) is -0.340. The summed E-state index contributed by atoms with van der Waals surface area (Å²) in [6, 6.07) is 13.2. The van der Waals surface area contributed by atoms with Gasteiger partial charge in [0.15, 0.2) is 0 Å². The molecular weight excluding hydrogens is 408 g/mol. The first-order valence-corrected chi connectivity index (χ1v) is 12.1.